The summed E-state index contributed by atoms with van der Waals surface area (Å²) in [5.41, 5.74) is 9.09. The van der Waals surface area contributed by atoms with Crippen LogP contribution in [0, 0.1) is 0 Å². The van der Waals surface area contributed by atoms with E-state index in [9.17, 15) is 18.0 Å². The van der Waals surface area contributed by atoms with E-state index in [1.165, 1.54) is 6.07 Å². The number of nitrogens with one attached hydrogen (secondary N) is 2. The Hall–Kier alpha value is -3.58. The minimum atomic E-state index is -4.88. The Morgan fingerprint density at radius 1 is 1.24 bits per heavy atom. The monoisotopic (exact) mass is 536 g/mol. The predicted octanol–water partition coefficient (Wildman–Crippen LogP) is 2.83. The second-order valence-electron chi connectivity index (χ2n) is 8.61. The molecule has 2 aliphatic rings. The highest BCUT2D eigenvalue weighted by Gasteiger charge is 2.33. The summed E-state index contributed by atoms with van der Waals surface area (Å²) in [6.45, 7) is 3.28. The molecule has 0 unspecified atom stereocenters. The van der Waals surface area contributed by atoms with Gasteiger partial charge in [0.15, 0.2) is 11.4 Å². The SMILES string of the molecule is NC(=O)c1nn(CCCl)c2c1CCc1cnc(Nc3cc(N4CCNCC4)ccc3OC(F)(F)F)nc1-2. The van der Waals surface area contributed by atoms with E-state index in [-0.39, 0.29) is 23.2 Å². The van der Waals surface area contributed by atoms with Crippen LogP contribution in [0.1, 0.15) is 21.6 Å². The number of nitrogens with zero attached hydrogens (tertiary/aromatic N) is 5. The van der Waals surface area contributed by atoms with Crippen molar-refractivity contribution in [3.63, 3.8) is 0 Å². The number of carbonyl (C=O) groups excluding carboxylic acids is 1. The molecule has 2 aromatic heterocycles. The van der Waals surface area contributed by atoms with Crippen LogP contribution in [0.3, 0.4) is 0 Å². The number of hydrogen-bond donors (Lipinski definition) is 3. The van der Waals surface area contributed by atoms with Crippen LogP contribution in [-0.2, 0) is 19.4 Å². The van der Waals surface area contributed by atoms with E-state index in [1.807, 2.05) is 0 Å². The Bertz CT molecular complexity index is 1320. The molecule has 0 atom stereocenters. The van der Waals surface area contributed by atoms with E-state index in [0.717, 1.165) is 24.3 Å². The number of hydrogen-bond acceptors (Lipinski definition) is 8. The summed E-state index contributed by atoms with van der Waals surface area (Å²) in [5.74, 6) is -0.750. The third-order valence-electron chi connectivity index (χ3n) is 6.23. The van der Waals surface area contributed by atoms with Crippen molar-refractivity contribution in [1.82, 2.24) is 25.1 Å². The molecular weight excluding hydrogens is 513 g/mol. The minimum Gasteiger partial charge on any atom is -0.404 e. The van der Waals surface area contributed by atoms with Gasteiger partial charge < -0.3 is 26.0 Å². The number of benzene rings is 1. The lowest BCUT2D eigenvalue weighted by Crippen LogP contribution is -2.43. The molecular formula is C23H24ClF3N8O2. The lowest BCUT2D eigenvalue weighted by Gasteiger charge is -2.30. The van der Waals surface area contributed by atoms with E-state index < -0.39 is 18.0 Å². The standard InChI is InChI=1S/C23H24ClF3N8O2/c24-5-8-35-20-15(19(33-35)21(28)36)3-1-13-12-30-22(32-18(13)20)31-16-11-14(34-9-6-29-7-10-34)2-4-17(16)37-23(25,26)27/h2,4,11-12,29H,1,3,5-10H2,(H2,28,36)(H,30,31,32). The lowest BCUT2D eigenvalue weighted by molar-refractivity contribution is -0.274. The van der Waals surface area contributed by atoms with Gasteiger partial charge in [-0.2, -0.15) is 5.10 Å². The first-order valence-corrected chi connectivity index (χ1v) is 12.2. The number of halogens is 4. The van der Waals surface area contributed by atoms with Gasteiger partial charge in [-0.25, -0.2) is 9.97 Å². The number of aryl methyl sites for hydroxylation is 2. The summed E-state index contributed by atoms with van der Waals surface area (Å²) in [6, 6.07) is 4.45. The van der Waals surface area contributed by atoms with Crippen LogP contribution in [0.25, 0.3) is 11.4 Å². The molecule has 4 N–H and O–H groups in total. The molecule has 0 saturated carbocycles. The second-order valence-corrected chi connectivity index (χ2v) is 8.99. The van der Waals surface area contributed by atoms with Crippen molar-refractivity contribution in [2.45, 2.75) is 25.7 Å². The highest BCUT2D eigenvalue weighted by molar-refractivity contribution is 6.17. The van der Waals surface area contributed by atoms with Crippen LogP contribution in [0.2, 0.25) is 0 Å². The number of aromatic nitrogens is 4. The quantitative estimate of drug-likeness (QED) is 0.394. The number of ether oxygens (including phenoxy) is 1. The van der Waals surface area contributed by atoms with E-state index in [2.05, 4.69) is 35.3 Å². The second kappa shape index (κ2) is 10.1. The van der Waals surface area contributed by atoms with Crippen molar-refractivity contribution >= 4 is 34.8 Å². The van der Waals surface area contributed by atoms with Gasteiger partial charge in [-0.05, 0) is 36.6 Å². The van der Waals surface area contributed by atoms with E-state index in [0.29, 0.717) is 49.4 Å². The smallest absolute Gasteiger partial charge is 0.404 e. The molecule has 1 aromatic carbocycles. The Labute approximate surface area is 215 Å². The largest absolute Gasteiger partial charge is 0.573 e. The number of fused-ring (bicyclic) bond motifs is 3. The van der Waals surface area contributed by atoms with Gasteiger partial charge in [0.25, 0.3) is 5.91 Å². The summed E-state index contributed by atoms with van der Waals surface area (Å²) >= 11 is 5.95. The molecule has 37 heavy (non-hydrogen) atoms. The van der Waals surface area contributed by atoms with Gasteiger partial charge in [0.2, 0.25) is 5.95 Å². The predicted molar refractivity (Wildman–Crippen MR) is 131 cm³/mol. The number of alkyl halides is 4. The van der Waals surface area contributed by atoms with Gasteiger partial charge in [-0.3, -0.25) is 9.48 Å². The molecule has 3 heterocycles. The fraction of sp³-hybridized carbons (Fsp3) is 0.391. The summed E-state index contributed by atoms with van der Waals surface area (Å²) in [5, 5.41) is 10.5. The Balaban J connectivity index is 1.54. The van der Waals surface area contributed by atoms with Gasteiger partial charge >= 0.3 is 6.36 Å². The van der Waals surface area contributed by atoms with Crippen molar-refractivity contribution in [2.24, 2.45) is 5.73 Å². The van der Waals surface area contributed by atoms with E-state index in [4.69, 9.17) is 17.3 Å². The first-order valence-electron chi connectivity index (χ1n) is 11.7. The highest BCUT2D eigenvalue weighted by Crippen LogP contribution is 2.37. The minimum absolute atomic E-state index is 0.0651. The van der Waals surface area contributed by atoms with Gasteiger partial charge in [-0.1, -0.05) is 0 Å². The molecule has 0 bridgehead atoms. The van der Waals surface area contributed by atoms with Crippen LogP contribution in [0.4, 0.5) is 30.5 Å². The third kappa shape index (κ3) is 5.27. The maximum absolute atomic E-state index is 13.1. The molecule has 1 amide bonds. The van der Waals surface area contributed by atoms with Crippen LogP contribution >= 0.6 is 11.6 Å². The van der Waals surface area contributed by atoms with Crippen LogP contribution in [0.5, 0.6) is 5.75 Å². The first kappa shape index (κ1) is 25.1. The zero-order valence-electron chi connectivity index (χ0n) is 19.6. The number of anilines is 3. The first-order chi connectivity index (χ1) is 17.7. The van der Waals surface area contributed by atoms with Crippen molar-refractivity contribution in [3.05, 3.63) is 41.2 Å². The number of primary amides is 1. The van der Waals surface area contributed by atoms with Gasteiger partial charge in [-0.15, -0.1) is 24.8 Å². The number of carbonyl (C=O) groups is 1. The number of piperazine rings is 1. The fourth-order valence-electron chi connectivity index (χ4n) is 4.62. The fourth-order valence-corrected chi connectivity index (χ4v) is 4.79. The summed E-state index contributed by atoms with van der Waals surface area (Å²) in [6.07, 6.45) is -2.19. The average molecular weight is 537 g/mol. The summed E-state index contributed by atoms with van der Waals surface area (Å²) in [7, 11) is 0. The summed E-state index contributed by atoms with van der Waals surface area (Å²) < 4.78 is 45.2. The summed E-state index contributed by atoms with van der Waals surface area (Å²) in [4.78, 5) is 23.0. The molecule has 1 fully saturated rings. The number of nitrogens with two attached hydrogens (primary N) is 1. The highest BCUT2D eigenvalue weighted by atomic mass is 35.5. The Kier molecular flexibility index (Phi) is 6.82. The normalized spacial score (nSPS) is 15.2. The molecule has 5 rings (SSSR count). The Morgan fingerprint density at radius 2 is 2.03 bits per heavy atom. The molecule has 1 aliphatic heterocycles. The Morgan fingerprint density at radius 3 is 2.73 bits per heavy atom. The molecule has 1 aliphatic carbocycles. The van der Waals surface area contributed by atoms with Crippen molar-refractivity contribution < 1.29 is 22.7 Å². The topological polar surface area (TPSA) is 123 Å². The van der Waals surface area contributed by atoms with Gasteiger partial charge in [0.05, 0.1) is 23.6 Å². The zero-order valence-corrected chi connectivity index (χ0v) is 20.4. The van der Waals surface area contributed by atoms with Crippen LogP contribution in [-0.4, -0.2) is 64.1 Å². The van der Waals surface area contributed by atoms with Crippen molar-refractivity contribution in [2.75, 3.05) is 42.3 Å². The van der Waals surface area contributed by atoms with E-state index in [1.54, 1.807) is 23.0 Å². The third-order valence-corrected chi connectivity index (χ3v) is 6.40. The van der Waals surface area contributed by atoms with Gasteiger partial charge in [0.1, 0.15) is 0 Å². The molecule has 0 radical (unpaired) electrons. The van der Waals surface area contributed by atoms with Crippen molar-refractivity contribution in [1.29, 1.82) is 0 Å². The number of amides is 1. The zero-order chi connectivity index (χ0) is 26.2. The maximum Gasteiger partial charge on any atom is 0.573 e. The molecule has 196 valence electrons. The number of rotatable bonds is 7. The van der Waals surface area contributed by atoms with E-state index >= 15 is 0 Å². The maximum atomic E-state index is 13.1. The lowest BCUT2D eigenvalue weighted by atomic mass is 9.93. The van der Waals surface area contributed by atoms with Gasteiger partial charge in [0, 0.05) is 49.5 Å². The molecule has 1 saturated heterocycles. The molecule has 0 spiro atoms. The molecule has 14 heteroatoms. The van der Waals surface area contributed by atoms with Crippen LogP contribution < -0.4 is 26.0 Å². The average Bonchev–Trinajstić information content (AvgIpc) is 3.24. The van der Waals surface area contributed by atoms with Crippen molar-refractivity contribution in [3.8, 4) is 17.1 Å². The molecule has 10 nitrogen and oxygen atoms in total. The molecule has 3 aromatic rings. The van der Waals surface area contributed by atoms with Crippen LogP contribution in [0.15, 0.2) is 24.4 Å².